The summed E-state index contributed by atoms with van der Waals surface area (Å²) >= 11 is 0. The third-order valence-electron chi connectivity index (χ3n) is 4.08. The van der Waals surface area contributed by atoms with Crippen molar-refractivity contribution in [2.45, 2.75) is 73.3 Å². The molecule has 0 aromatic heterocycles. The summed E-state index contributed by atoms with van der Waals surface area (Å²) in [5.41, 5.74) is 11.0. The van der Waals surface area contributed by atoms with Gasteiger partial charge in [-0.15, -0.1) is 0 Å². The van der Waals surface area contributed by atoms with Crippen LogP contribution in [0.2, 0.25) is 6.04 Å². The summed E-state index contributed by atoms with van der Waals surface area (Å²) in [6.07, 6.45) is 4.33. The van der Waals surface area contributed by atoms with Crippen LogP contribution >= 0.6 is 0 Å². The van der Waals surface area contributed by atoms with Gasteiger partial charge in [-0.05, 0) is 53.0 Å². The first kappa shape index (κ1) is 34.2. The van der Waals surface area contributed by atoms with Crippen molar-refractivity contribution in [3.63, 3.8) is 0 Å². The average Bonchev–Trinajstić information content (AvgIpc) is 2.80. The van der Waals surface area contributed by atoms with Crippen molar-refractivity contribution in [3.8, 4) is 0 Å². The Morgan fingerprint density at radius 1 is 0.594 bits per heavy atom. The molecule has 0 saturated heterocycles. The predicted octanol–water partition coefficient (Wildman–Crippen LogP) is 2.68. The zero-order chi connectivity index (χ0) is 24.6. The van der Waals surface area contributed by atoms with Crippen LogP contribution in [0.5, 0.6) is 0 Å². The van der Waals surface area contributed by atoms with Crippen LogP contribution in [0.1, 0.15) is 67.2 Å². The van der Waals surface area contributed by atoms with E-state index in [1.54, 1.807) is 0 Å². The van der Waals surface area contributed by atoms with Gasteiger partial charge in [0, 0.05) is 58.8 Å². The van der Waals surface area contributed by atoms with Crippen LogP contribution in [0.25, 0.3) is 0 Å². The van der Waals surface area contributed by atoms with Gasteiger partial charge in [-0.2, -0.15) is 0 Å². The summed E-state index contributed by atoms with van der Waals surface area (Å²) < 4.78 is 34.4. The summed E-state index contributed by atoms with van der Waals surface area (Å²) in [7, 11) is -4.98. The third kappa shape index (κ3) is 17.5. The first-order valence-corrected chi connectivity index (χ1v) is 16.3. The van der Waals surface area contributed by atoms with Crippen LogP contribution < -0.4 is 16.8 Å². The molecule has 11 heteroatoms. The number of rotatable bonds is 22. The van der Waals surface area contributed by atoms with Crippen molar-refractivity contribution in [1.82, 2.24) is 5.32 Å². The molecule has 0 unspecified atom stereocenters. The molecule has 0 aliphatic carbocycles. The number of hydrogen-bond donors (Lipinski definition) is 3. The fraction of sp³-hybridized carbons (Fsp3) is 1.00. The lowest BCUT2D eigenvalue weighted by molar-refractivity contribution is 0.0587. The Bertz CT molecular complexity index is 349. The Hall–Kier alpha value is 0.0738. The standard InChI is InChI=1S/C14H34N2O3Si.C7H19NO3Si/c1-4-11-17-20(18-12-5-2,19-13-6-3)14-7-9-16-10-8-15;1-4-9-12(7-8,10-5-2)11-6-3/h16H,4-15H2,1-3H3;4-8H2,1-3H3. The average molecular weight is 500 g/mol. The molecule has 9 nitrogen and oxygen atoms in total. The highest BCUT2D eigenvalue weighted by Crippen LogP contribution is 2.19. The normalized spacial score (nSPS) is 12.0. The highest BCUT2D eigenvalue weighted by molar-refractivity contribution is 6.61. The summed E-state index contributed by atoms with van der Waals surface area (Å²) in [5, 5.41) is 3.31. The highest BCUT2D eigenvalue weighted by atomic mass is 28.4. The lowest BCUT2D eigenvalue weighted by Gasteiger charge is -2.29. The zero-order valence-electron chi connectivity index (χ0n) is 21.7. The van der Waals surface area contributed by atoms with E-state index < -0.39 is 17.6 Å². The van der Waals surface area contributed by atoms with E-state index in [9.17, 15) is 0 Å². The van der Waals surface area contributed by atoms with Crippen molar-refractivity contribution in [2.24, 2.45) is 11.5 Å². The smallest absolute Gasteiger partial charge is 0.373 e. The van der Waals surface area contributed by atoms with Crippen molar-refractivity contribution in [1.29, 1.82) is 0 Å². The Balaban J connectivity index is 0. The Morgan fingerprint density at radius 3 is 1.34 bits per heavy atom. The molecule has 0 bridgehead atoms. The largest absolute Gasteiger partial charge is 0.515 e. The molecule has 0 atom stereocenters. The van der Waals surface area contributed by atoms with Crippen LogP contribution in [-0.4, -0.2) is 83.1 Å². The summed E-state index contributed by atoms with van der Waals surface area (Å²) in [5.74, 6) is 0. The van der Waals surface area contributed by atoms with Crippen LogP contribution in [0.4, 0.5) is 0 Å². The van der Waals surface area contributed by atoms with E-state index in [4.69, 9.17) is 38.0 Å². The topological polar surface area (TPSA) is 119 Å². The minimum Gasteiger partial charge on any atom is -0.373 e. The van der Waals surface area contributed by atoms with Crippen molar-refractivity contribution >= 4 is 17.6 Å². The second-order valence-electron chi connectivity index (χ2n) is 7.06. The van der Waals surface area contributed by atoms with Gasteiger partial charge < -0.3 is 43.3 Å². The van der Waals surface area contributed by atoms with E-state index in [2.05, 4.69) is 26.1 Å². The molecule has 0 aliphatic heterocycles. The van der Waals surface area contributed by atoms with Crippen LogP contribution in [-0.2, 0) is 26.6 Å². The molecule has 0 aromatic carbocycles. The molecule has 0 aromatic rings. The monoisotopic (exact) mass is 499 g/mol. The van der Waals surface area contributed by atoms with Gasteiger partial charge >= 0.3 is 17.6 Å². The number of nitrogens with one attached hydrogen (secondary N) is 1. The van der Waals surface area contributed by atoms with E-state index in [-0.39, 0.29) is 0 Å². The fourth-order valence-corrected chi connectivity index (χ4v) is 7.49. The molecule has 5 N–H and O–H groups in total. The Kier molecular flexibility index (Phi) is 25.9. The van der Waals surface area contributed by atoms with Gasteiger partial charge in [-0.3, -0.25) is 0 Å². The van der Waals surface area contributed by atoms with Crippen LogP contribution in [0.3, 0.4) is 0 Å². The van der Waals surface area contributed by atoms with E-state index in [1.165, 1.54) is 0 Å². The molecule has 0 fully saturated rings. The van der Waals surface area contributed by atoms with Crippen molar-refractivity contribution in [2.75, 3.05) is 65.4 Å². The fourth-order valence-electron chi connectivity index (χ4n) is 2.73. The summed E-state index contributed by atoms with van der Waals surface area (Å²) in [4.78, 5) is 0. The molecule has 32 heavy (non-hydrogen) atoms. The van der Waals surface area contributed by atoms with Gasteiger partial charge in [-0.1, -0.05) is 20.8 Å². The zero-order valence-corrected chi connectivity index (χ0v) is 23.7. The molecule has 0 amide bonds. The molecule has 196 valence electrons. The van der Waals surface area contributed by atoms with E-state index >= 15 is 0 Å². The van der Waals surface area contributed by atoms with Gasteiger partial charge in [0.15, 0.2) is 0 Å². The third-order valence-corrected chi connectivity index (χ3v) is 9.66. The van der Waals surface area contributed by atoms with Gasteiger partial charge in [0.2, 0.25) is 0 Å². The van der Waals surface area contributed by atoms with Crippen LogP contribution in [0.15, 0.2) is 0 Å². The maximum atomic E-state index is 6.03. The van der Waals surface area contributed by atoms with E-state index in [0.717, 1.165) is 64.6 Å². The minimum absolute atomic E-state index is 0.350. The van der Waals surface area contributed by atoms with E-state index in [0.29, 0.717) is 32.5 Å². The van der Waals surface area contributed by atoms with Crippen molar-refractivity contribution in [3.05, 3.63) is 0 Å². The molecule has 0 aliphatic rings. The predicted molar refractivity (Wildman–Crippen MR) is 136 cm³/mol. The molecule has 0 rings (SSSR count). The van der Waals surface area contributed by atoms with Gasteiger partial charge in [0.25, 0.3) is 0 Å². The van der Waals surface area contributed by atoms with Gasteiger partial charge in [0.05, 0.1) is 6.17 Å². The molecule has 0 saturated carbocycles. The molecule has 0 radical (unpaired) electrons. The first-order valence-electron chi connectivity index (χ1n) is 12.4. The maximum absolute atomic E-state index is 6.03. The SMILES string of the molecule is CCCO[Si](CCCNCCN)(OCCC)OCCC.CCO[Si](CN)(OCC)OCC. The lowest BCUT2D eigenvalue weighted by atomic mass is 10.5. The molecule has 0 spiro atoms. The number of hydrogen-bond acceptors (Lipinski definition) is 9. The quantitative estimate of drug-likeness (QED) is 0.152. The van der Waals surface area contributed by atoms with Gasteiger partial charge in [-0.25, -0.2) is 0 Å². The summed E-state index contributed by atoms with van der Waals surface area (Å²) in [6.45, 7) is 18.5. The minimum atomic E-state index is -2.49. The molecule has 0 heterocycles. The summed E-state index contributed by atoms with van der Waals surface area (Å²) in [6, 6.07) is 0.880. The second-order valence-corrected chi connectivity index (χ2v) is 12.4. The van der Waals surface area contributed by atoms with Gasteiger partial charge in [0.1, 0.15) is 0 Å². The van der Waals surface area contributed by atoms with Crippen molar-refractivity contribution < 1.29 is 26.6 Å². The van der Waals surface area contributed by atoms with E-state index in [1.807, 2.05) is 20.8 Å². The molecular weight excluding hydrogens is 446 g/mol. The second kappa shape index (κ2) is 24.2. The number of nitrogens with two attached hydrogens (primary N) is 2. The Labute approximate surface area is 199 Å². The highest BCUT2D eigenvalue weighted by Gasteiger charge is 2.40. The van der Waals surface area contributed by atoms with Crippen LogP contribution in [0, 0.1) is 0 Å². The molecular formula is C21H53N3O6Si2. The Morgan fingerprint density at radius 2 is 1.03 bits per heavy atom. The first-order chi connectivity index (χ1) is 15.5. The lowest BCUT2D eigenvalue weighted by Crippen LogP contribution is -2.52. The maximum Gasteiger partial charge on any atom is 0.515 e.